The number of nitrogens with zero attached hydrogens (tertiary/aromatic N) is 2. The predicted octanol–water partition coefficient (Wildman–Crippen LogP) is 2.28. The van der Waals surface area contributed by atoms with E-state index in [-0.39, 0.29) is 11.9 Å². The summed E-state index contributed by atoms with van der Waals surface area (Å²) in [4.78, 5) is 17.3. The first-order valence-electron chi connectivity index (χ1n) is 6.43. The minimum Gasteiger partial charge on any atom is -0.469 e. The Morgan fingerprint density at radius 2 is 2.50 bits per heavy atom. The summed E-state index contributed by atoms with van der Waals surface area (Å²) in [6.45, 7) is 1.96. The van der Waals surface area contributed by atoms with Gasteiger partial charge in [0.25, 0.3) is 0 Å². The van der Waals surface area contributed by atoms with Crippen molar-refractivity contribution in [2.24, 2.45) is 0 Å². The minimum absolute atomic E-state index is 0.0187. The summed E-state index contributed by atoms with van der Waals surface area (Å²) in [6, 6.07) is 3.80. The normalized spacial score (nSPS) is 12.7. The Balaban J connectivity index is 1.55. The standard InChI is InChI=1S/C14H15N3O2S/c1-10(7-12-3-2-5-19-12)15-13(18)8-11-9-17-4-6-20-14(17)16-11/h2-6,9-10H,7-8H2,1H3,(H,15,18)/t10-/m0/s1. The second-order valence-corrected chi connectivity index (χ2v) is 5.63. The summed E-state index contributed by atoms with van der Waals surface area (Å²) >= 11 is 1.56. The number of imidazole rings is 1. The number of aromatic nitrogens is 2. The van der Waals surface area contributed by atoms with Crippen LogP contribution in [0.2, 0.25) is 0 Å². The lowest BCUT2D eigenvalue weighted by Crippen LogP contribution is -2.35. The van der Waals surface area contributed by atoms with Crippen molar-refractivity contribution in [3.05, 3.63) is 47.6 Å². The molecule has 1 N–H and O–H groups in total. The molecule has 0 saturated heterocycles. The lowest BCUT2D eigenvalue weighted by Gasteiger charge is -2.11. The van der Waals surface area contributed by atoms with E-state index >= 15 is 0 Å². The number of thiazole rings is 1. The Morgan fingerprint density at radius 3 is 3.25 bits per heavy atom. The summed E-state index contributed by atoms with van der Waals surface area (Å²) in [7, 11) is 0. The third kappa shape index (κ3) is 2.91. The predicted molar refractivity (Wildman–Crippen MR) is 76.8 cm³/mol. The van der Waals surface area contributed by atoms with Crippen LogP contribution in [0.3, 0.4) is 0 Å². The van der Waals surface area contributed by atoms with Crippen LogP contribution in [0, 0.1) is 0 Å². The minimum atomic E-state index is -0.0187. The van der Waals surface area contributed by atoms with Crippen LogP contribution < -0.4 is 5.32 Å². The first-order chi connectivity index (χ1) is 9.70. The lowest BCUT2D eigenvalue weighted by molar-refractivity contribution is -0.121. The van der Waals surface area contributed by atoms with Crippen molar-refractivity contribution >= 4 is 22.2 Å². The maximum atomic E-state index is 12.0. The van der Waals surface area contributed by atoms with Gasteiger partial charge in [0.2, 0.25) is 5.91 Å². The van der Waals surface area contributed by atoms with E-state index in [9.17, 15) is 4.79 Å². The third-order valence-corrected chi connectivity index (χ3v) is 3.75. The van der Waals surface area contributed by atoms with Crippen molar-refractivity contribution in [1.29, 1.82) is 0 Å². The molecule has 104 valence electrons. The lowest BCUT2D eigenvalue weighted by atomic mass is 10.2. The van der Waals surface area contributed by atoms with Gasteiger partial charge in [0, 0.05) is 30.2 Å². The average Bonchev–Trinajstić information content (AvgIpc) is 3.04. The molecule has 3 aromatic heterocycles. The fourth-order valence-corrected chi connectivity index (χ4v) is 2.85. The number of carbonyl (C=O) groups excluding carboxylic acids is 1. The topological polar surface area (TPSA) is 59.5 Å². The van der Waals surface area contributed by atoms with E-state index in [0.717, 1.165) is 16.4 Å². The number of furan rings is 1. The molecule has 1 amide bonds. The van der Waals surface area contributed by atoms with E-state index in [4.69, 9.17) is 4.42 Å². The summed E-state index contributed by atoms with van der Waals surface area (Å²) in [5.74, 6) is 0.857. The molecule has 0 bridgehead atoms. The Morgan fingerprint density at radius 1 is 1.60 bits per heavy atom. The third-order valence-electron chi connectivity index (χ3n) is 2.98. The quantitative estimate of drug-likeness (QED) is 0.784. The molecular formula is C14H15N3O2S. The van der Waals surface area contributed by atoms with Crippen LogP contribution in [0.25, 0.3) is 4.96 Å². The van der Waals surface area contributed by atoms with Gasteiger partial charge in [0.1, 0.15) is 5.76 Å². The van der Waals surface area contributed by atoms with Crippen LogP contribution in [0.4, 0.5) is 0 Å². The summed E-state index contributed by atoms with van der Waals surface area (Å²) in [5.41, 5.74) is 0.791. The van der Waals surface area contributed by atoms with E-state index in [1.54, 1.807) is 17.6 Å². The SMILES string of the molecule is C[C@@H](Cc1ccco1)NC(=O)Cc1cn2ccsc2n1. The molecule has 0 aromatic carbocycles. The number of fused-ring (bicyclic) bond motifs is 1. The monoisotopic (exact) mass is 289 g/mol. The van der Waals surface area contributed by atoms with Crippen LogP contribution in [0.15, 0.2) is 40.6 Å². The molecule has 6 heteroatoms. The smallest absolute Gasteiger partial charge is 0.226 e. The van der Waals surface area contributed by atoms with E-state index in [2.05, 4.69) is 10.3 Å². The van der Waals surface area contributed by atoms with Crippen molar-refractivity contribution in [2.75, 3.05) is 0 Å². The van der Waals surface area contributed by atoms with Gasteiger partial charge in [0.05, 0.1) is 18.4 Å². The molecule has 0 radical (unpaired) electrons. The van der Waals surface area contributed by atoms with Crippen LogP contribution >= 0.6 is 11.3 Å². The Hall–Kier alpha value is -2.08. The fraction of sp³-hybridized carbons (Fsp3) is 0.286. The number of rotatable bonds is 5. The summed E-state index contributed by atoms with van der Waals surface area (Å²) in [5, 5.41) is 4.93. The van der Waals surface area contributed by atoms with Gasteiger partial charge in [-0.15, -0.1) is 11.3 Å². The number of carbonyl (C=O) groups is 1. The first-order valence-corrected chi connectivity index (χ1v) is 7.31. The Bertz CT molecular complexity index is 670. The van der Waals surface area contributed by atoms with Crippen molar-refractivity contribution in [2.45, 2.75) is 25.8 Å². The highest BCUT2D eigenvalue weighted by Gasteiger charge is 2.12. The zero-order valence-electron chi connectivity index (χ0n) is 11.1. The number of hydrogen-bond donors (Lipinski definition) is 1. The second kappa shape index (κ2) is 5.50. The van der Waals surface area contributed by atoms with Gasteiger partial charge in [-0.25, -0.2) is 4.98 Å². The maximum Gasteiger partial charge on any atom is 0.226 e. The molecule has 0 aliphatic rings. The highest BCUT2D eigenvalue weighted by atomic mass is 32.1. The van der Waals surface area contributed by atoms with Crippen LogP contribution in [-0.2, 0) is 17.6 Å². The molecule has 0 aliphatic heterocycles. The molecule has 3 heterocycles. The number of amides is 1. The van der Waals surface area contributed by atoms with Crippen LogP contribution in [-0.4, -0.2) is 21.3 Å². The van der Waals surface area contributed by atoms with Gasteiger partial charge < -0.3 is 9.73 Å². The molecule has 0 unspecified atom stereocenters. The molecule has 0 aliphatic carbocycles. The zero-order chi connectivity index (χ0) is 13.9. The molecule has 0 saturated carbocycles. The van der Waals surface area contributed by atoms with E-state index in [1.165, 1.54) is 0 Å². The second-order valence-electron chi connectivity index (χ2n) is 4.75. The Kier molecular flexibility index (Phi) is 3.56. The number of nitrogens with one attached hydrogen (secondary N) is 1. The molecule has 5 nitrogen and oxygen atoms in total. The van der Waals surface area contributed by atoms with Crippen LogP contribution in [0.1, 0.15) is 18.4 Å². The van der Waals surface area contributed by atoms with Gasteiger partial charge in [-0.05, 0) is 19.1 Å². The van der Waals surface area contributed by atoms with Crippen LogP contribution in [0.5, 0.6) is 0 Å². The van der Waals surface area contributed by atoms with Gasteiger partial charge in [-0.3, -0.25) is 9.20 Å². The van der Waals surface area contributed by atoms with Gasteiger partial charge >= 0.3 is 0 Å². The van der Waals surface area contributed by atoms with E-state index < -0.39 is 0 Å². The van der Waals surface area contributed by atoms with Crippen molar-refractivity contribution in [3.63, 3.8) is 0 Å². The van der Waals surface area contributed by atoms with E-state index in [1.807, 2.05) is 41.2 Å². The van der Waals surface area contributed by atoms with E-state index in [0.29, 0.717) is 12.8 Å². The molecule has 0 fully saturated rings. The highest BCUT2D eigenvalue weighted by Crippen LogP contribution is 2.11. The van der Waals surface area contributed by atoms with Crippen molar-refractivity contribution in [3.8, 4) is 0 Å². The van der Waals surface area contributed by atoms with Gasteiger partial charge in [-0.1, -0.05) is 0 Å². The van der Waals surface area contributed by atoms with Crippen molar-refractivity contribution in [1.82, 2.24) is 14.7 Å². The molecule has 3 aromatic rings. The largest absolute Gasteiger partial charge is 0.469 e. The maximum absolute atomic E-state index is 12.0. The first kappa shape index (κ1) is 12.9. The molecular weight excluding hydrogens is 274 g/mol. The molecule has 1 atom stereocenters. The zero-order valence-corrected chi connectivity index (χ0v) is 11.9. The number of hydrogen-bond acceptors (Lipinski definition) is 4. The fourth-order valence-electron chi connectivity index (χ4n) is 2.13. The Labute approximate surface area is 120 Å². The highest BCUT2D eigenvalue weighted by molar-refractivity contribution is 7.15. The average molecular weight is 289 g/mol. The molecule has 3 rings (SSSR count). The molecule has 0 spiro atoms. The molecule has 20 heavy (non-hydrogen) atoms. The summed E-state index contributed by atoms with van der Waals surface area (Å²) < 4.78 is 7.20. The van der Waals surface area contributed by atoms with Crippen molar-refractivity contribution < 1.29 is 9.21 Å². The van der Waals surface area contributed by atoms with Gasteiger partial charge in [-0.2, -0.15) is 0 Å². The summed E-state index contributed by atoms with van der Waals surface area (Å²) in [6.07, 6.45) is 6.46. The van der Waals surface area contributed by atoms with Gasteiger partial charge in [0.15, 0.2) is 4.96 Å².